The van der Waals surface area contributed by atoms with Gasteiger partial charge in [0.2, 0.25) is 0 Å². The Labute approximate surface area is 158 Å². The van der Waals surface area contributed by atoms with Gasteiger partial charge in [-0.25, -0.2) is 0 Å². The Morgan fingerprint density at radius 2 is 1.88 bits per heavy atom. The van der Waals surface area contributed by atoms with Gasteiger partial charge in [0.1, 0.15) is 5.00 Å². The van der Waals surface area contributed by atoms with E-state index in [1.54, 1.807) is 42.9 Å². The molecule has 1 aliphatic carbocycles. The normalized spacial score (nSPS) is 16.7. The smallest absolute Gasteiger partial charge is 0.256 e. The molecule has 6 heteroatoms. The van der Waals surface area contributed by atoms with Crippen LogP contribution in [0, 0.1) is 11.3 Å². The number of hydrogen-bond acceptors (Lipinski definition) is 4. The van der Waals surface area contributed by atoms with Crippen LogP contribution in [0.4, 0.5) is 5.00 Å². The number of nitrogens with one attached hydrogen (secondary N) is 2. The number of anilines is 1. The monoisotopic (exact) mass is 371 g/mol. The minimum Gasteiger partial charge on any atom is -0.355 e. The molecule has 3 rings (SSSR count). The van der Waals surface area contributed by atoms with E-state index in [0.29, 0.717) is 22.0 Å². The SMILES string of the molecule is CNC(=O)c1c(NC(=O)c2ccncc2)sc2c1CCC(C(C)(C)C)C2. The third-order valence-corrected chi connectivity index (χ3v) is 6.28. The predicted octanol–water partition coefficient (Wildman–Crippen LogP) is 3.91. The molecule has 0 radical (unpaired) electrons. The molecule has 5 nitrogen and oxygen atoms in total. The maximum Gasteiger partial charge on any atom is 0.256 e. The number of pyridine rings is 1. The minimum atomic E-state index is -0.219. The molecule has 0 spiro atoms. The second kappa shape index (κ2) is 7.19. The fraction of sp³-hybridized carbons (Fsp3) is 0.450. The van der Waals surface area contributed by atoms with Crippen LogP contribution >= 0.6 is 11.3 Å². The summed E-state index contributed by atoms with van der Waals surface area (Å²) < 4.78 is 0. The lowest BCUT2D eigenvalue weighted by Gasteiger charge is -2.33. The molecule has 2 heterocycles. The van der Waals surface area contributed by atoms with Gasteiger partial charge in [-0.05, 0) is 48.3 Å². The van der Waals surface area contributed by atoms with Crippen molar-refractivity contribution in [1.82, 2.24) is 10.3 Å². The largest absolute Gasteiger partial charge is 0.355 e. The van der Waals surface area contributed by atoms with Gasteiger partial charge in [0.05, 0.1) is 5.56 Å². The highest BCUT2D eigenvalue weighted by atomic mass is 32.1. The highest BCUT2D eigenvalue weighted by molar-refractivity contribution is 7.17. The average molecular weight is 372 g/mol. The van der Waals surface area contributed by atoms with Crippen LogP contribution in [0.25, 0.3) is 0 Å². The van der Waals surface area contributed by atoms with E-state index in [2.05, 4.69) is 36.4 Å². The number of rotatable bonds is 3. The molecule has 2 aromatic rings. The van der Waals surface area contributed by atoms with Crippen LogP contribution in [0.3, 0.4) is 0 Å². The number of aromatic nitrogens is 1. The van der Waals surface area contributed by atoms with E-state index in [0.717, 1.165) is 24.8 Å². The van der Waals surface area contributed by atoms with E-state index in [-0.39, 0.29) is 17.2 Å². The average Bonchev–Trinajstić information content (AvgIpc) is 2.98. The van der Waals surface area contributed by atoms with Crippen LogP contribution < -0.4 is 10.6 Å². The van der Waals surface area contributed by atoms with Crippen molar-refractivity contribution in [1.29, 1.82) is 0 Å². The first kappa shape index (κ1) is 18.6. The van der Waals surface area contributed by atoms with Crippen LogP contribution in [0.2, 0.25) is 0 Å². The topological polar surface area (TPSA) is 71.1 Å². The first-order valence-electron chi connectivity index (χ1n) is 8.89. The summed E-state index contributed by atoms with van der Waals surface area (Å²) in [5.74, 6) is 0.222. The van der Waals surface area contributed by atoms with Gasteiger partial charge in [-0.3, -0.25) is 14.6 Å². The van der Waals surface area contributed by atoms with Gasteiger partial charge in [0, 0.05) is 29.9 Å². The van der Waals surface area contributed by atoms with E-state index in [4.69, 9.17) is 0 Å². The van der Waals surface area contributed by atoms with Gasteiger partial charge in [0.25, 0.3) is 11.8 Å². The zero-order valence-corrected chi connectivity index (χ0v) is 16.5. The van der Waals surface area contributed by atoms with Gasteiger partial charge in [-0.1, -0.05) is 20.8 Å². The summed E-state index contributed by atoms with van der Waals surface area (Å²) >= 11 is 1.54. The van der Waals surface area contributed by atoms with Crippen molar-refractivity contribution in [3.8, 4) is 0 Å². The standard InChI is InChI=1S/C20H25N3O2S/c1-20(2,3)13-5-6-14-15(11-13)26-19(16(14)18(25)21-4)23-17(24)12-7-9-22-10-8-12/h7-10,13H,5-6,11H2,1-4H3,(H,21,25)(H,23,24). The molecule has 138 valence electrons. The Hall–Kier alpha value is -2.21. The summed E-state index contributed by atoms with van der Waals surface area (Å²) in [6.45, 7) is 6.80. The third kappa shape index (κ3) is 3.65. The van der Waals surface area contributed by atoms with Crippen LogP contribution in [-0.2, 0) is 12.8 Å². The number of thiophene rings is 1. The molecule has 1 unspecified atom stereocenters. The summed E-state index contributed by atoms with van der Waals surface area (Å²) in [5.41, 5.74) is 2.49. The molecular weight excluding hydrogens is 346 g/mol. The molecule has 0 aliphatic heterocycles. The number of nitrogens with zero attached hydrogens (tertiary/aromatic N) is 1. The van der Waals surface area contributed by atoms with E-state index in [1.807, 2.05) is 0 Å². The van der Waals surface area contributed by atoms with Crippen LogP contribution in [0.5, 0.6) is 0 Å². The van der Waals surface area contributed by atoms with Crippen molar-refractivity contribution < 1.29 is 9.59 Å². The van der Waals surface area contributed by atoms with Crippen molar-refractivity contribution in [3.63, 3.8) is 0 Å². The Kier molecular flexibility index (Phi) is 5.14. The molecule has 26 heavy (non-hydrogen) atoms. The molecule has 2 N–H and O–H groups in total. The summed E-state index contributed by atoms with van der Waals surface area (Å²) in [6.07, 6.45) is 6.07. The lowest BCUT2D eigenvalue weighted by atomic mass is 9.72. The minimum absolute atomic E-state index is 0.137. The number of carbonyl (C=O) groups excluding carboxylic acids is 2. The number of hydrogen-bond donors (Lipinski definition) is 2. The molecule has 0 saturated carbocycles. The maximum absolute atomic E-state index is 12.5. The lowest BCUT2D eigenvalue weighted by Crippen LogP contribution is -2.27. The Morgan fingerprint density at radius 3 is 2.50 bits per heavy atom. The zero-order chi connectivity index (χ0) is 18.9. The van der Waals surface area contributed by atoms with Gasteiger partial charge >= 0.3 is 0 Å². The Balaban J connectivity index is 1.94. The summed E-state index contributed by atoms with van der Waals surface area (Å²) in [7, 11) is 1.63. The fourth-order valence-corrected chi connectivity index (χ4v) is 4.78. The van der Waals surface area contributed by atoms with Gasteiger partial charge in [0.15, 0.2) is 0 Å². The summed E-state index contributed by atoms with van der Waals surface area (Å²) in [4.78, 5) is 30.2. The molecule has 0 fully saturated rings. The molecule has 0 aromatic carbocycles. The fourth-order valence-electron chi connectivity index (χ4n) is 3.46. The lowest BCUT2D eigenvalue weighted by molar-refractivity contribution is 0.0963. The van der Waals surface area contributed by atoms with Crippen molar-refractivity contribution in [3.05, 3.63) is 46.1 Å². The molecule has 0 saturated heterocycles. The van der Waals surface area contributed by atoms with Crippen molar-refractivity contribution in [2.45, 2.75) is 40.0 Å². The summed E-state index contributed by atoms with van der Waals surface area (Å²) in [5, 5.41) is 6.31. The Morgan fingerprint density at radius 1 is 1.19 bits per heavy atom. The van der Waals surface area contributed by atoms with Crippen molar-refractivity contribution >= 4 is 28.2 Å². The zero-order valence-electron chi connectivity index (χ0n) is 15.7. The van der Waals surface area contributed by atoms with E-state index in [1.165, 1.54) is 4.88 Å². The van der Waals surface area contributed by atoms with Gasteiger partial charge in [-0.2, -0.15) is 0 Å². The van der Waals surface area contributed by atoms with Crippen molar-refractivity contribution in [2.24, 2.45) is 11.3 Å². The first-order chi connectivity index (χ1) is 12.3. The second-order valence-electron chi connectivity index (χ2n) is 7.78. The highest BCUT2D eigenvalue weighted by Gasteiger charge is 2.33. The maximum atomic E-state index is 12.5. The number of carbonyl (C=O) groups is 2. The van der Waals surface area contributed by atoms with Gasteiger partial charge in [-0.15, -0.1) is 11.3 Å². The summed E-state index contributed by atoms with van der Waals surface area (Å²) in [6, 6.07) is 3.33. The van der Waals surface area contributed by atoms with E-state index >= 15 is 0 Å². The predicted molar refractivity (Wildman–Crippen MR) is 105 cm³/mol. The van der Waals surface area contributed by atoms with Crippen molar-refractivity contribution in [2.75, 3.05) is 12.4 Å². The molecule has 1 aliphatic rings. The quantitative estimate of drug-likeness (QED) is 0.859. The van der Waals surface area contributed by atoms with Crippen LogP contribution in [0.1, 0.15) is 58.3 Å². The molecule has 2 amide bonds. The Bertz CT molecular complexity index is 822. The number of fused-ring (bicyclic) bond motifs is 1. The third-order valence-electron chi connectivity index (χ3n) is 5.11. The van der Waals surface area contributed by atoms with E-state index in [9.17, 15) is 9.59 Å². The molecular formula is C20H25N3O2S. The highest BCUT2D eigenvalue weighted by Crippen LogP contribution is 2.44. The van der Waals surface area contributed by atoms with Crippen LogP contribution in [0.15, 0.2) is 24.5 Å². The molecule has 1 atom stereocenters. The second-order valence-corrected chi connectivity index (χ2v) is 8.89. The number of amides is 2. The van der Waals surface area contributed by atoms with Crippen LogP contribution in [-0.4, -0.2) is 23.8 Å². The molecule has 2 aromatic heterocycles. The first-order valence-corrected chi connectivity index (χ1v) is 9.71. The molecule has 0 bridgehead atoms. The van der Waals surface area contributed by atoms with E-state index < -0.39 is 0 Å². The van der Waals surface area contributed by atoms with Gasteiger partial charge < -0.3 is 10.6 Å².